The molecule has 0 radical (unpaired) electrons. The van der Waals surface area contributed by atoms with Gasteiger partial charge < -0.3 is 0 Å². The number of benzene rings is 2. The highest BCUT2D eigenvalue weighted by Crippen LogP contribution is 2.37. The van der Waals surface area contributed by atoms with E-state index in [1.807, 2.05) is 6.07 Å². The molecule has 0 bridgehead atoms. The Morgan fingerprint density at radius 1 is 1.12 bits per heavy atom. The number of rotatable bonds is 5. The number of halogens is 1. The normalized spacial score (nSPS) is 14.4. The van der Waals surface area contributed by atoms with Gasteiger partial charge in [0.1, 0.15) is 4.90 Å². The lowest BCUT2D eigenvalue weighted by Crippen LogP contribution is -2.13. The molecule has 1 heterocycles. The van der Waals surface area contributed by atoms with E-state index < -0.39 is 10.0 Å². The van der Waals surface area contributed by atoms with Crippen LogP contribution in [0.15, 0.2) is 53.4 Å². The number of aromatic nitrogens is 4. The third kappa shape index (κ3) is 3.22. The van der Waals surface area contributed by atoms with Gasteiger partial charge in [-0.05, 0) is 47.5 Å². The van der Waals surface area contributed by atoms with E-state index in [9.17, 15) is 8.42 Å². The van der Waals surface area contributed by atoms with Crippen molar-refractivity contribution in [3.63, 3.8) is 0 Å². The van der Waals surface area contributed by atoms with Gasteiger partial charge in [-0.1, -0.05) is 35.9 Å². The minimum Gasteiger partial charge on any atom is -0.280 e. The summed E-state index contributed by atoms with van der Waals surface area (Å²) in [4.78, 5) is 0.0323. The predicted octanol–water partition coefficient (Wildman–Crippen LogP) is 3.13. The molecular formula is C16H14ClN5O2S. The number of anilines is 1. The summed E-state index contributed by atoms with van der Waals surface area (Å²) >= 11 is 6.00. The minimum absolute atomic E-state index is 0.0323. The highest BCUT2D eigenvalue weighted by molar-refractivity contribution is 7.92. The fourth-order valence-corrected chi connectivity index (χ4v) is 4.11. The second kappa shape index (κ2) is 6.12. The van der Waals surface area contributed by atoms with Gasteiger partial charge in [0.25, 0.3) is 10.0 Å². The summed E-state index contributed by atoms with van der Waals surface area (Å²) in [5.74, 6) is 0.626. The van der Waals surface area contributed by atoms with E-state index in [1.165, 1.54) is 12.1 Å². The lowest BCUT2D eigenvalue weighted by Gasteiger charge is -2.10. The number of hydrogen-bond acceptors (Lipinski definition) is 5. The molecule has 1 aliphatic rings. The fraction of sp³-hybridized carbons (Fsp3) is 0.188. The van der Waals surface area contributed by atoms with Crippen LogP contribution in [0, 0.1) is 0 Å². The molecule has 0 amide bonds. The molecule has 25 heavy (non-hydrogen) atoms. The Morgan fingerprint density at radius 3 is 2.68 bits per heavy atom. The van der Waals surface area contributed by atoms with Gasteiger partial charge in [-0.2, -0.15) is 0 Å². The molecule has 0 aliphatic heterocycles. The Labute approximate surface area is 149 Å². The van der Waals surface area contributed by atoms with Crippen LogP contribution in [-0.2, 0) is 10.0 Å². The zero-order chi connectivity index (χ0) is 17.4. The SMILES string of the molecule is O=S(=O)(Nc1cccc(-c2nnnn2C2CC2)c1)c1ccccc1Cl. The van der Waals surface area contributed by atoms with Gasteiger partial charge in [-0.15, -0.1) is 5.10 Å². The highest BCUT2D eigenvalue weighted by Gasteiger charge is 2.28. The van der Waals surface area contributed by atoms with Crippen molar-refractivity contribution in [2.24, 2.45) is 0 Å². The lowest BCUT2D eigenvalue weighted by molar-refractivity contribution is 0.601. The van der Waals surface area contributed by atoms with Crippen LogP contribution < -0.4 is 4.72 Å². The molecule has 0 atom stereocenters. The number of tetrazole rings is 1. The Hall–Kier alpha value is -2.45. The number of sulfonamides is 1. The average Bonchev–Trinajstić information content (AvgIpc) is 3.31. The first-order valence-corrected chi connectivity index (χ1v) is 9.56. The topological polar surface area (TPSA) is 89.8 Å². The van der Waals surface area contributed by atoms with Crippen LogP contribution in [0.25, 0.3) is 11.4 Å². The molecule has 1 aliphatic carbocycles. The Morgan fingerprint density at radius 2 is 1.92 bits per heavy atom. The van der Waals surface area contributed by atoms with E-state index in [-0.39, 0.29) is 9.92 Å². The Bertz CT molecular complexity index is 1030. The van der Waals surface area contributed by atoms with Gasteiger partial charge >= 0.3 is 0 Å². The van der Waals surface area contributed by atoms with E-state index in [0.717, 1.165) is 18.4 Å². The zero-order valence-corrected chi connectivity index (χ0v) is 14.6. The molecule has 4 rings (SSSR count). The second-order valence-corrected chi connectivity index (χ2v) is 7.85. The first-order chi connectivity index (χ1) is 12.0. The van der Waals surface area contributed by atoms with Crippen LogP contribution in [0.4, 0.5) is 5.69 Å². The quantitative estimate of drug-likeness (QED) is 0.739. The van der Waals surface area contributed by atoms with E-state index in [0.29, 0.717) is 17.6 Å². The van der Waals surface area contributed by atoms with E-state index in [1.54, 1.807) is 35.0 Å². The first-order valence-electron chi connectivity index (χ1n) is 7.70. The first kappa shape index (κ1) is 16.0. The van der Waals surface area contributed by atoms with Crippen molar-refractivity contribution in [2.45, 2.75) is 23.8 Å². The van der Waals surface area contributed by atoms with Crippen LogP contribution in [0.3, 0.4) is 0 Å². The molecule has 1 saturated carbocycles. The molecule has 0 unspecified atom stereocenters. The Balaban J connectivity index is 1.66. The van der Waals surface area contributed by atoms with Gasteiger partial charge in [-0.3, -0.25) is 4.72 Å². The number of hydrogen-bond donors (Lipinski definition) is 1. The van der Waals surface area contributed by atoms with Gasteiger partial charge in [0, 0.05) is 11.3 Å². The Kier molecular flexibility index (Phi) is 3.93. The number of nitrogens with one attached hydrogen (secondary N) is 1. The van der Waals surface area contributed by atoms with Crippen LogP contribution in [0.2, 0.25) is 5.02 Å². The fourth-order valence-electron chi connectivity index (χ4n) is 2.54. The smallest absolute Gasteiger partial charge is 0.263 e. The van der Waals surface area contributed by atoms with E-state index in [4.69, 9.17) is 11.6 Å². The summed E-state index contributed by atoms with van der Waals surface area (Å²) in [6.07, 6.45) is 2.10. The van der Waals surface area contributed by atoms with Gasteiger partial charge in [0.15, 0.2) is 5.82 Å². The molecular weight excluding hydrogens is 362 g/mol. The maximum Gasteiger partial charge on any atom is 0.263 e. The van der Waals surface area contributed by atoms with Crippen LogP contribution >= 0.6 is 11.6 Å². The number of nitrogens with zero attached hydrogens (tertiary/aromatic N) is 4. The van der Waals surface area contributed by atoms with E-state index in [2.05, 4.69) is 20.2 Å². The molecule has 3 aromatic rings. The molecule has 1 N–H and O–H groups in total. The van der Waals surface area contributed by atoms with Gasteiger partial charge in [0.05, 0.1) is 11.1 Å². The standard InChI is InChI=1S/C16H14ClN5O2S/c17-14-6-1-2-7-15(14)25(23,24)19-12-5-3-4-11(10-12)16-18-20-21-22(16)13-8-9-13/h1-7,10,13,19H,8-9H2. The van der Waals surface area contributed by atoms with Gasteiger partial charge in [-0.25, -0.2) is 13.1 Å². The van der Waals surface area contributed by atoms with Crippen molar-refractivity contribution >= 4 is 27.3 Å². The lowest BCUT2D eigenvalue weighted by atomic mass is 10.2. The van der Waals surface area contributed by atoms with Crippen LogP contribution in [0.5, 0.6) is 0 Å². The molecule has 1 fully saturated rings. The highest BCUT2D eigenvalue weighted by atomic mass is 35.5. The third-order valence-corrected chi connectivity index (χ3v) is 5.77. The van der Waals surface area contributed by atoms with Crippen molar-refractivity contribution in [1.29, 1.82) is 0 Å². The summed E-state index contributed by atoms with van der Waals surface area (Å²) in [6, 6.07) is 13.6. The largest absolute Gasteiger partial charge is 0.280 e. The molecule has 128 valence electrons. The molecule has 1 aromatic heterocycles. The molecule has 0 saturated heterocycles. The summed E-state index contributed by atoms with van der Waals surface area (Å²) in [7, 11) is -3.78. The minimum atomic E-state index is -3.78. The van der Waals surface area contributed by atoms with Crippen molar-refractivity contribution in [3.05, 3.63) is 53.6 Å². The summed E-state index contributed by atoms with van der Waals surface area (Å²) in [5.41, 5.74) is 1.17. The monoisotopic (exact) mass is 375 g/mol. The van der Waals surface area contributed by atoms with Crippen molar-refractivity contribution in [1.82, 2.24) is 20.2 Å². The van der Waals surface area contributed by atoms with Crippen LogP contribution in [-0.4, -0.2) is 28.6 Å². The second-order valence-electron chi connectivity index (χ2n) is 5.79. The van der Waals surface area contributed by atoms with Crippen molar-refractivity contribution in [2.75, 3.05) is 4.72 Å². The summed E-state index contributed by atoms with van der Waals surface area (Å²) in [6.45, 7) is 0. The molecule has 0 spiro atoms. The summed E-state index contributed by atoms with van der Waals surface area (Å²) < 4.78 is 29.5. The predicted molar refractivity (Wildman–Crippen MR) is 93.8 cm³/mol. The molecule has 2 aromatic carbocycles. The maximum absolute atomic E-state index is 12.6. The van der Waals surface area contributed by atoms with E-state index >= 15 is 0 Å². The van der Waals surface area contributed by atoms with Gasteiger partial charge in [0.2, 0.25) is 0 Å². The molecule has 9 heteroatoms. The molecule has 7 nitrogen and oxygen atoms in total. The average molecular weight is 376 g/mol. The summed E-state index contributed by atoms with van der Waals surface area (Å²) in [5, 5.41) is 12.0. The van der Waals surface area contributed by atoms with Crippen LogP contribution in [0.1, 0.15) is 18.9 Å². The maximum atomic E-state index is 12.6. The zero-order valence-electron chi connectivity index (χ0n) is 13.0. The van der Waals surface area contributed by atoms with Crippen molar-refractivity contribution < 1.29 is 8.42 Å². The third-order valence-electron chi connectivity index (χ3n) is 3.88. The van der Waals surface area contributed by atoms with Crippen molar-refractivity contribution in [3.8, 4) is 11.4 Å².